The van der Waals surface area contributed by atoms with Crippen molar-refractivity contribution in [3.8, 4) is 0 Å². The zero-order valence-corrected chi connectivity index (χ0v) is 15.1. The Kier molecular flexibility index (Phi) is 5.10. The number of benzene rings is 2. The number of ether oxygens (including phenoxy) is 2. The third-order valence-corrected chi connectivity index (χ3v) is 5.39. The minimum Gasteiger partial charge on any atom is -0.459 e. The first-order valence-corrected chi connectivity index (χ1v) is 9.46. The molecule has 0 radical (unpaired) electrons. The van der Waals surface area contributed by atoms with Crippen LogP contribution in [0.2, 0.25) is 0 Å². The van der Waals surface area contributed by atoms with E-state index < -0.39 is 0 Å². The van der Waals surface area contributed by atoms with E-state index in [0.29, 0.717) is 18.4 Å². The molecule has 2 heterocycles. The first-order valence-electron chi connectivity index (χ1n) is 9.46. The molecule has 0 N–H and O–H groups in total. The second-order valence-electron chi connectivity index (χ2n) is 7.20. The molecule has 140 valence electrons. The highest BCUT2D eigenvalue weighted by Crippen LogP contribution is 2.37. The molecule has 2 aromatic carbocycles. The van der Waals surface area contributed by atoms with Crippen LogP contribution in [0.25, 0.3) is 0 Å². The molecule has 0 saturated carbocycles. The van der Waals surface area contributed by atoms with Gasteiger partial charge in [0, 0.05) is 24.9 Å². The molecule has 0 aliphatic carbocycles. The van der Waals surface area contributed by atoms with Crippen molar-refractivity contribution >= 4 is 12.1 Å². The van der Waals surface area contributed by atoms with Gasteiger partial charge in [-0.2, -0.15) is 0 Å². The van der Waals surface area contributed by atoms with E-state index in [0.717, 1.165) is 18.4 Å². The van der Waals surface area contributed by atoms with Gasteiger partial charge in [0.25, 0.3) is 0 Å². The molecule has 2 saturated heterocycles. The first-order chi connectivity index (χ1) is 13.2. The van der Waals surface area contributed by atoms with Gasteiger partial charge in [-0.1, -0.05) is 48.5 Å². The van der Waals surface area contributed by atoms with Gasteiger partial charge in [-0.25, -0.2) is 9.59 Å². The lowest BCUT2D eigenvalue weighted by Crippen LogP contribution is -2.49. The molecule has 2 aliphatic heterocycles. The molecule has 2 bridgehead atoms. The molecule has 1 amide bonds. The van der Waals surface area contributed by atoms with Gasteiger partial charge in [0.2, 0.25) is 0 Å². The van der Waals surface area contributed by atoms with Crippen molar-refractivity contribution < 1.29 is 19.1 Å². The van der Waals surface area contributed by atoms with Gasteiger partial charge in [-0.3, -0.25) is 0 Å². The van der Waals surface area contributed by atoms with Crippen LogP contribution in [0.3, 0.4) is 0 Å². The highest BCUT2D eigenvalue weighted by Gasteiger charge is 2.45. The van der Waals surface area contributed by atoms with Crippen molar-refractivity contribution in [2.45, 2.75) is 50.5 Å². The summed E-state index contributed by atoms with van der Waals surface area (Å²) in [5, 5.41) is 0. The average Bonchev–Trinajstić information content (AvgIpc) is 2.98. The molecule has 2 aromatic rings. The molecule has 2 aliphatic rings. The Morgan fingerprint density at radius 1 is 0.889 bits per heavy atom. The topological polar surface area (TPSA) is 55.8 Å². The third-order valence-electron chi connectivity index (χ3n) is 5.39. The Balaban J connectivity index is 1.33. The highest BCUT2D eigenvalue weighted by molar-refractivity contribution is 5.89. The van der Waals surface area contributed by atoms with E-state index in [4.69, 9.17) is 9.47 Å². The molecule has 0 spiro atoms. The van der Waals surface area contributed by atoms with E-state index in [1.807, 2.05) is 53.4 Å². The van der Waals surface area contributed by atoms with E-state index in [1.54, 1.807) is 12.1 Å². The molecule has 5 nitrogen and oxygen atoms in total. The Bertz CT molecular complexity index is 778. The number of esters is 1. The van der Waals surface area contributed by atoms with Crippen molar-refractivity contribution in [1.29, 1.82) is 0 Å². The number of hydrogen-bond acceptors (Lipinski definition) is 4. The van der Waals surface area contributed by atoms with Crippen molar-refractivity contribution in [2.75, 3.05) is 0 Å². The number of hydrogen-bond donors (Lipinski definition) is 0. The Hall–Kier alpha value is -2.82. The van der Waals surface area contributed by atoms with Crippen molar-refractivity contribution in [1.82, 2.24) is 4.90 Å². The summed E-state index contributed by atoms with van der Waals surface area (Å²) in [4.78, 5) is 26.7. The summed E-state index contributed by atoms with van der Waals surface area (Å²) in [6.45, 7) is 0.280. The lowest BCUT2D eigenvalue weighted by Gasteiger charge is -2.37. The predicted molar refractivity (Wildman–Crippen MR) is 100 cm³/mol. The number of amides is 1. The van der Waals surface area contributed by atoms with E-state index >= 15 is 0 Å². The summed E-state index contributed by atoms with van der Waals surface area (Å²) >= 11 is 0. The molecule has 1 unspecified atom stereocenters. The molecular weight excluding hydrogens is 342 g/mol. The van der Waals surface area contributed by atoms with Crippen molar-refractivity contribution in [3.05, 3.63) is 71.8 Å². The van der Waals surface area contributed by atoms with Crippen LogP contribution in [0.1, 0.15) is 41.6 Å². The van der Waals surface area contributed by atoms with Crippen molar-refractivity contribution in [2.24, 2.45) is 0 Å². The van der Waals surface area contributed by atoms with Gasteiger partial charge in [-0.15, -0.1) is 0 Å². The van der Waals surface area contributed by atoms with Gasteiger partial charge >= 0.3 is 12.1 Å². The van der Waals surface area contributed by atoms with Gasteiger partial charge in [0.05, 0.1) is 5.56 Å². The average molecular weight is 365 g/mol. The SMILES string of the molecule is O=C(OC1C[C@H]2CC[C@@H](C1)N2C(=O)OCc1ccccc1)c1ccccc1. The number of carbonyl (C=O) groups is 2. The maximum absolute atomic E-state index is 12.6. The van der Waals surface area contributed by atoms with Crippen LogP contribution in [0, 0.1) is 0 Å². The Morgan fingerprint density at radius 2 is 1.48 bits per heavy atom. The van der Waals surface area contributed by atoms with Crippen LogP contribution in [-0.2, 0) is 16.1 Å². The highest BCUT2D eigenvalue weighted by atomic mass is 16.6. The smallest absolute Gasteiger partial charge is 0.410 e. The van der Waals surface area contributed by atoms with Gasteiger partial charge in [-0.05, 0) is 30.5 Å². The molecule has 3 atom stereocenters. The van der Waals surface area contributed by atoms with E-state index in [-0.39, 0.29) is 36.9 Å². The van der Waals surface area contributed by atoms with E-state index in [9.17, 15) is 9.59 Å². The number of carbonyl (C=O) groups excluding carboxylic acids is 2. The maximum atomic E-state index is 12.6. The summed E-state index contributed by atoms with van der Waals surface area (Å²) in [7, 11) is 0. The summed E-state index contributed by atoms with van der Waals surface area (Å²) in [6, 6.07) is 18.9. The minimum atomic E-state index is -0.292. The number of fused-ring (bicyclic) bond motifs is 2. The number of piperidine rings is 1. The fraction of sp³-hybridized carbons (Fsp3) is 0.364. The van der Waals surface area contributed by atoms with Crippen LogP contribution < -0.4 is 0 Å². The maximum Gasteiger partial charge on any atom is 0.410 e. The third kappa shape index (κ3) is 3.97. The zero-order valence-electron chi connectivity index (χ0n) is 15.1. The monoisotopic (exact) mass is 365 g/mol. The number of nitrogens with zero attached hydrogens (tertiary/aromatic N) is 1. The fourth-order valence-corrected chi connectivity index (χ4v) is 4.11. The van der Waals surface area contributed by atoms with Crippen LogP contribution >= 0.6 is 0 Å². The van der Waals surface area contributed by atoms with Crippen LogP contribution in [0.4, 0.5) is 4.79 Å². The second kappa shape index (κ2) is 7.82. The predicted octanol–water partition coefficient (Wildman–Crippen LogP) is 4.18. The molecule has 2 fully saturated rings. The quantitative estimate of drug-likeness (QED) is 0.763. The van der Waals surface area contributed by atoms with Crippen molar-refractivity contribution in [3.63, 3.8) is 0 Å². The molecule has 27 heavy (non-hydrogen) atoms. The lowest BCUT2D eigenvalue weighted by molar-refractivity contribution is -0.00727. The second-order valence-corrected chi connectivity index (χ2v) is 7.20. The summed E-state index contributed by atoms with van der Waals surface area (Å²) in [6.07, 6.45) is 2.81. The standard InChI is InChI=1S/C22H23NO4/c24-21(17-9-5-2-6-10-17)27-20-13-18-11-12-19(14-20)23(18)22(25)26-15-16-7-3-1-4-8-16/h1-10,18-20H,11-15H2/t18-,19+,20?. The molecular formula is C22H23NO4. The minimum absolute atomic E-state index is 0.0839. The summed E-state index contributed by atoms with van der Waals surface area (Å²) in [5.41, 5.74) is 1.54. The summed E-state index contributed by atoms with van der Waals surface area (Å²) < 4.78 is 11.2. The Morgan fingerprint density at radius 3 is 2.11 bits per heavy atom. The summed E-state index contributed by atoms with van der Waals surface area (Å²) in [5.74, 6) is -0.292. The van der Waals surface area contributed by atoms with E-state index in [1.165, 1.54) is 0 Å². The largest absolute Gasteiger partial charge is 0.459 e. The fourth-order valence-electron chi connectivity index (χ4n) is 4.11. The van der Waals surface area contributed by atoms with Crippen LogP contribution in [0.15, 0.2) is 60.7 Å². The molecule has 4 rings (SSSR count). The molecule has 5 heteroatoms. The lowest BCUT2D eigenvalue weighted by atomic mass is 10.00. The Labute approximate surface area is 158 Å². The van der Waals surface area contributed by atoms with Gasteiger partial charge in [0.15, 0.2) is 0 Å². The van der Waals surface area contributed by atoms with Gasteiger partial charge < -0.3 is 14.4 Å². The normalized spacial score (nSPS) is 23.7. The number of rotatable bonds is 4. The first kappa shape index (κ1) is 17.6. The van der Waals surface area contributed by atoms with Crippen LogP contribution in [-0.4, -0.2) is 35.2 Å². The molecule has 0 aromatic heterocycles. The zero-order chi connectivity index (χ0) is 18.6. The van der Waals surface area contributed by atoms with E-state index in [2.05, 4.69) is 0 Å². The van der Waals surface area contributed by atoms with Crippen LogP contribution in [0.5, 0.6) is 0 Å². The van der Waals surface area contributed by atoms with Gasteiger partial charge in [0.1, 0.15) is 12.7 Å².